The summed E-state index contributed by atoms with van der Waals surface area (Å²) in [6.45, 7) is 1.38. The minimum Gasteiger partial charge on any atom is -0.477 e. The molecule has 0 aliphatic carbocycles. The third-order valence-corrected chi connectivity index (χ3v) is 5.83. The van der Waals surface area contributed by atoms with Crippen molar-refractivity contribution in [2.75, 3.05) is 31.6 Å². The molecule has 2 atom stereocenters. The number of aromatic carboxylic acids is 1. The van der Waals surface area contributed by atoms with Crippen LogP contribution in [0.3, 0.4) is 0 Å². The molecule has 1 fully saturated rings. The predicted molar refractivity (Wildman–Crippen MR) is 106 cm³/mol. The number of aromatic nitrogens is 3. The van der Waals surface area contributed by atoms with Gasteiger partial charge in [0.1, 0.15) is 11.4 Å². The number of rotatable bonds is 5. The molecule has 0 radical (unpaired) electrons. The average Bonchev–Trinajstić information content (AvgIpc) is 3.37. The van der Waals surface area contributed by atoms with Gasteiger partial charge in [-0.15, -0.1) is 11.3 Å². The molecule has 0 saturated carbocycles. The standard InChI is InChI=1S/C18H19N5O4S/c1-19-13-8-22(6-10(13)9-24)14-3-2-11-15(25)12(17(26)27)7-23(16(11)21-14)18-20-4-5-28-18/h2-5,7,10,13,19,24H,6,8-9H2,1H3,(H,26,27)/t10-,13+/m1/s1. The largest absolute Gasteiger partial charge is 0.477 e. The van der Waals surface area contributed by atoms with Crippen molar-refractivity contribution in [3.8, 4) is 5.13 Å². The molecule has 9 nitrogen and oxygen atoms in total. The van der Waals surface area contributed by atoms with Gasteiger partial charge in [0.25, 0.3) is 0 Å². The number of thiazole rings is 1. The maximum Gasteiger partial charge on any atom is 0.341 e. The first-order chi connectivity index (χ1) is 13.5. The molecule has 0 unspecified atom stereocenters. The second kappa shape index (κ2) is 7.30. The van der Waals surface area contributed by atoms with Gasteiger partial charge in [0.15, 0.2) is 10.8 Å². The van der Waals surface area contributed by atoms with Crippen LogP contribution in [0.2, 0.25) is 0 Å². The third kappa shape index (κ3) is 3.05. The molecule has 0 aromatic carbocycles. The lowest BCUT2D eigenvalue weighted by Gasteiger charge is -2.18. The Kier molecular flexibility index (Phi) is 4.84. The van der Waals surface area contributed by atoms with Crippen molar-refractivity contribution in [3.63, 3.8) is 0 Å². The Morgan fingerprint density at radius 2 is 2.21 bits per heavy atom. The van der Waals surface area contributed by atoms with E-state index in [1.54, 1.807) is 28.3 Å². The summed E-state index contributed by atoms with van der Waals surface area (Å²) in [7, 11) is 1.86. The number of nitrogens with one attached hydrogen (secondary N) is 1. The lowest BCUT2D eigenvalue weighted by atomic mass is 10.1. The van der Waals surface area contributed by atoms with E-state index in [2.05, 4.69) is 15.3 Å². The van der Waals surface area contributed by atoms with Crippen LogP contribution < -0.4 is 15.6 Å². The topological polar surface area (TPSA) is 121 Å². The van der Waals surface area contributed by atoms with Gasteiger partial charge in [-0.3, -0.25) is 9.36 Å². The molecule has 28 heavy (non-hydrogen) atoms. The predicted octanol–water partition coefficient (Wildman–Crippen LogP) is 0.557. The maximum atomic E-state index is 12.6. The Bertz CT molecular complexity index is 1070. The summed E-state index contributed by atoms with van der Waals surface area (Å²) < 4.78 is 1.55. The number of carboxylic acid groups (broad SMARTS) is 1. The molecule has 0 spiro atoms. The Morgan fingerprint density at radius 1 is 1.39 bits per heavy atom. The lowest BCUT2D eigenvalue weighted by molar-refractivity contribution is 0.0695. The average molecular weight is 401 g/mol. The SMILES string of the molecule is CN[C@H]1CN(c2ccc3c(=O)c(C(=O)O)cn(-c4nccs4)c3n2)C[C@@H]1CO. The second-order valence-electron chi connectivity index (χ2n) is 6.65. The van der Waals surface area contributed by atoms with E-state index in [0.717, 1.165) is 0 Å². The van der Waals surface area contributed by atoms with E-state index in [1.165, 1.54) is 17.5 Å². The van der Waals surface area contributed by atoms with E-state index in [4.69, 9.17) is 0 Å². The van der Waals surface area contributed by atoms with E-state index in [0.29, 0.717) is 29.7 Å². The number of anilines is 1. The third-order valence-electron chi connectivity index (χ3n) is 5.06. The number of likely N-dealkylation sites (N-methyl/N-ethyl adjacent to an activating group) is 1. The fraction of sp³-hybridized carbons (Fsp3) is 0.333. The highest BCUT2D eigenvalue weighted by Gasteiger charge is 2.32. The van der Waals surface area contributed by atoms with Crippen LogP contribution in [-0.4, -0.2) is 63.5 Å². The summed E-state index contributed by atoms with van der Waals surface area (Å²) in [6, 6.07) is 3.46. The van der Waals surface area contributed by atoms with E-state index in [9.17, 15) is 19.8 Å². The molecule has 3 aromatic heterocycles. The maximum absolute atomic E-state index is 12.6. The van der Waals surface area contributed by atoms with Crippen LogP contribution in [0, 0.1) is 5.92 Å². The van der Waals surface area contributed by atoms with Crippen LogP contribution in [0.25, 0.3) is 16.2 Å². The minimum absolute atomic E-state index is 0.0708. The summed E-state index contributed by atoms with van der Waals surface area (Å²) in [5, 5.41) is 24.7. The highest BCUT2D eigenvalue weighted by atomic mass is 32.1. The molecular formula is C18H19N5O4S. The number of carboxylic acids is 1. The smallest absolute Gasteiger partial charge is 0.341 e. The fourth-order valence-corrected chi connectivity index (χ4v) is 4.19. The second-order valence-corrected chi connectivity index (χ2v) is 7.52. The van der Waals surface area contributed by atoms with Crippen molar-refractivity contribution in [1.29, 1.82) is 0 Å². The van der Waals surface area contributed by atoms with E-state index in [1.807, 2.05) is 11.9 Å². The molecule has 1 aliphatic rings. The molecule has 0 amide bonds. The zero-order chi connectivity index (χ0) is 19.8. The first kappa shape index (κ1) is 18.5. The van der Waals surface area contributed by atoms with Gasteiger partial charge < -0.3 is 20.4 Å². The number of hydrogen-bond donors (Lipinski definition) is 3. The highest BCUT2D eigenvalue weighted by molar-refractivity contribution is 7.12. The van der Waals surface area contributed by atoms with Crippen LogP contribution in [0.1, 0.15) is 10.4 Å². The van der Waals surface area contributed by atoms with Crippen molar-refractivity contribution in [2.24, 2.45) is 5.92 Å². The summed E-state index contributed by atoms with van der Waals surface area (Å²) in [6.07, 6.45) is 2.89. The first-order valence-electron chi connectivity index (χ1n) is 8.76. The highest BCUT2D eigenvalue weighted by Crippen LogP contribution is 2.25. The molecule has 146 valence electrons. The van der Waals surface area contributed by atoms with E-state index >= 15 is 0 Å². The van der Waals surface area contributed by atoms with Gasteiger partial charge in [0.05, 0.1) is 5.39 Å². The van der Waals surface area contributed by atoms with E-state index in [-0.39, 0.29) is 29.5 Å². The van der Waals surface area contributed by atoms with Gasteiger partial charge in [0, 0.05) is 49.4 Å². The quantitative estimate of drug-likeness (QED) is 0.567. The van der Waals surface area contributed by atoms with Crippen LogP contribution in [-0.2, 0) is 0 Å². The normalized spacial score (nSPS) is 19.4. The molecular weight excluding hydrogens is 382 g/mol. The van der Waals surface area contributed by atoms with Gasteiger partial charge in [-0.2, -0.15) is 0 Å². The number of hydrogen-bond acceptors (Lipinski definition) is 8. The number of aliphatic hydroxyl groups excluding tert-OH is 1. The van der Waals surface area contributed by atoms with Gasteiger partial charge in [0.2, 0.25) is 5.43 Å². The zero-order valence-electron chi connectivity index (χ0n) is 15.1. The van der Waals surface area contributed by atoms with Gasteiger partial charge >= 0.3 is 5.97 Å². The molecule has 4 rings (SSSR count). The van der Waals surface area contributed by atoms with Crippen LogP contribution >= 0.6 is 11.3 Å². The molecule has 0 bridgehead atoms. The van der Waals surface area contributed by atoms with Crippen molar-refractivity contribution in [2.45, 2.75) is 6.04 Å². The first-order valence-corrected chi connectivity index (χ1v) is 9.64. The monoisotopic (exact) mass is 401 g/mol. The summed E-state index contributed by atoms with van der Waals surface area (Å²) in [5.41, 5.74) is -0.540. The van der Waals surface area contributed by atoms with Gasteiger partial charge in [-0.05, 0) is 19.2 Å². The van der Waals surface area contributed by atoms with Crippen molar-refractivity contribution in [3.05, 3.63) is 45.7 Å². The molecule has 3 N–H and O–H groups in total. The molecule has 10 heteroatoms. The Hall–Kier alpha value is -2.82. The van der Waals surface area contributed by atoms with Gasteiger partial charge in [-0.25, -0.2) is 14.8 Å². The molecule has 1 aliphatic heterocycles. The number of pyridine rings is 2. The number of carbonyl (C=O) groups is 1. The molecule has 3 aromatic rings. The lowest BCUT2D eigenvalue weighted by Crippen LogP contribution is -2.34. The zero-order valence-corrected chi connectivity index (χ0v) is 15.9. The van der Waals surface area contributed by atoms with Crippen LogP contribution in [0.15, 0.2) is 34.7 Å². The molecule has 1 saturated heterocycles. The number of aliphatic hydroxyl groups is 1. The van der Waals surface area contributed by atoms with Crippen LogP contribution in [0.4, 0.5) is 5.82 Å². The van der Waals surface area contributed by atoms with E-state index < -0.39 is 11.4 Å². The number of fused-ring (bicyclic) bond motifs is 1. The summed E-state index contributed by atoms with van der Waals surface area (Å²) in [4.78, 5) is 35.1. The summed E-state index contributed by atoms with van der Waals surface area (Å²) in [5.74, 6) is -0.544. The van der Waals surface area contributed by atoms with Crippen molar-refractivity contribution >= 4 is 34.2 Å². The Labute approximate surface area is 163 Å². The van der Waals surface area contributed by atoms with Gasteiger partial charge in [-0.1, -0.05) is 0 Å². The number of nitrogens with zero attached hydrogens (tertiary/aromatic N) is 4. The van der Waals surface area contributed by atoms with Crippen molar-refractivity contribution in [1.82, 2.24) is 19.9 Å². The van der Waals surface area contributed by atoms with Crippen LogP contribution in [0.5, 0.6) is 0 Å². The fourth-order valence-electron chi connectivity index (χ4n) is 3.57. The summed E-state index contributed by atoms with van der Waals surface area (Å²) >= 11 is 1.32. The van der Waals surface area contributed by atoms with Crippen molar-refractivity contribution < 1.29 is 15.0 Å². The Morgan fingerprint density at radius 3 is 2.82 bits per heavy atom. The minimum atomic E-state index is -1.29. The molecule has 4 heterocycles. The Balaban J connectivity index is 1.87.